The Bertz CT molecular complexity index is 756. The fraction of sp³-hybridized carbons (Fsp3) is 0.524. The highest BCUT2D eigenvalue weighted by molar-refractivity contribution is 5.31. The van der Waals surface area contributed by atoms with Crippen molar-refractivity contribution in [2.45, 2.75) is 18.6 Å². The number of likely N-dealkylation sites (tertiary alicyclic amines) is 1. The zero-order valence-electron chi connectivity index (χ0n) is 15.7. The smallest absolute Gasteiger partial charge is 0.225 e. The van der Waals surface area contributed by atoms with E-state index in [1.54, 1.807) is 0 Å². The van der Waals surface area contributed by atoms with Crippen LogP contribution in [0.25, 0.3) is 0 Å². The van der Waals surface area contributed by atoms with Crippen molar-refractivity contribution in [1.82, 2.24) is 19.8 Å². The predicted molar refractivity (Wildman–Crippen MR) is 105 cm³/mol. The van der Waals surface area contributed by atoms with Crippen LogP contribution in [0.5, 0.6) is 0 Å². The van der Waals surface area contributed by atoms with Crippen LogP contribution in [0.15, 0.2) is 42.7 Å². The van der Waals surface area contributed by atoms with E-state index in [4.69, 9.17) is 4.74 Å². The van der Waals surface area contributed by atoms with Gasteiger partial charge in [-0.15, -0.1) is 0 Å². The normalized spacial score (nSPS) is 24.4. The number of piperazine rings is 1. The van der Waals surface area contributed by atoms with E-state index >= 15 is 0 Å². The van der Waals surface area contributed by atoms with Crippen molar-refractivity contribution in [2.24, 2.45) is 0 Å². The van der Waals surface area contributed by atoms with Gasteiger partial charge in [-0.05, 0) is 23.6 Å². The summed E-state index contributed by atoms with van der Waals surface area (Å²) in [4.78, 5) is 16.2. The van der Waals surface area contributed by atoms with E-state index in [0.29, 0.717) is 6.04 Å². The predicted octanol–water partition coefficient (Wildman–Crippen LogP) is 1.60. The summed E-state index contributed by atoms with van der Waals surface area (Å²) in [6.07, 6.45) is 4.93. The number of nitrogens with zero attached hydrogens (tertiary/aromatic N) is 5. The molecule has 0 aliphatic carbocycles. The minimum absolute atomic E-state index is 0.239. The Morgan fingerprint density at radius 3 is 2.56 bits per heavy atom. The molecule has 1 atom stereocenters. The Morgan fingerprint density at radius 2 is 1.74 bits per heavy atom. The van der Waals surface area contributed by atoms with E-state index in [2.05, 4.69) is 48.9 Å². The molecule has 2 saturated heterocycles. The average Bonchev–Trinajstić information content (AvgIpc) is 2.71. The second-order valence-corrected chi connectivity index (χ2v) is 7.75. The lowest BCUT2D eigenvalue weighted by molar-refractivity contribution is -0.0306. The summed E-state index contributed by atoms with van der Waals surface area (Å²) >= 11 is 0. The Hall–Kier alpha value is -2.02. The molecule has 1 unspecified atom stereocenters. The number of fused-ring (bicyclic) bond motifs is 1. The molecule has 0 saturated carbocycles. The monoisotopic (exact) mass is 365 g/mol. The molecule has 6 nitrogen and oxygen atoms in total. The molecule has 0 radical (unpaired) electrons. The Balaban J connectivity index is 1.11. The maximum absolute atomic E-state index is 6.08. The molecule has 27 heavy (non-hydrogen) atoms. The minimum atomic E-state index is 0.239. The third kappa shape index (κ3) is 3.57. The zero-order valence-corrected chi connectivity index (χ0v) is 15.7. The van der Waals surface area contributed by atoms with Crippen molar-refractivity contribution in [3.63, 3.8) is 0 Å². The van der Waals surface area contributed by atoms with Gasteiger partial charge in [0.25, 0.3) is 0 Å². The Morgan fingerprint density at radius 1 is 0.963 bits per heavy atom. The van der Waals surface area contributed by atoms with Gasteiger partial charge in [-0.1, -0.05) is 24.3 Å². The van der Waals surface area contributed by atoms with E-state index in [-0.39, 0.29) is 6.10 Å². The molecule has 6 heteroatoms. The highest BCUT2D eigenvalue weighted by Crippen LogP contribution is 2.29. The van der Waals surface area contributed by atoms with E-state index in [1.807, 2.05) is 18.5 Å². The molecule has 0 N–H and O–H groups in total. The Labute approximate surface area is 160 Å². The summed E-state index contributed by atoms with van der Waals surface area (Å²) in [6.45, 7) is 8.40. The van der Waals surface area contributed by atoms with Crippen molar-refractivity contribution in [1.29, 1.82) is 0 Å². The van der Waals surface area contributed by atoms with Crippen LogP contribution < -0.4 is 4.90 Å². The summed E-state index contributed by atoms with van der Waals surface area (Å²) in [5.41, 5.74) is 2.86. The Kier molecular flexibility index (Phi) is 4.78. The number of benzene rings is 1. The summed E-state index contributed by atoms with van der Waals surface area (Å²) in [5, 5.41) is 0. The lowest BCUT2D eigenvalue weighted by Gasteiger charge is -2.49. The van der Waals surface area contributed by atoms with Gasteiger partial charge >= 0.3 is 0 Å². The van der Waals surface area contributed by atoms with Crippen LogP contribution >= 0.6 is 0 Å². The topological polar surface area (TPSA) is 44.7 Å². The van der Waals surface area contributed by atoms with Gasteiger partial charge in [0, 0.05) is 64.2 Å². The molecule has 1 aromatic heterocycles. The van der Waals surface area contributed by atoms with E-state index in [1.165, 1.54) is 11.1 Å². The third-order valence-corrected chi connectivity index (χ3v) is 6.12. The van der Waals surface area contributed by atoms with Gasteiger partial charge in [-0.3, -0.25) is 9.80 Å². The molecule has 2 fully saturated rings. The molecule has 1 aromatic carbocycles. The maximum Gasteiger partial charge on any atom is 0.225 e. The quantitative estimate of drug-likeness (QED) is 0.820. The van der Waals surface area contributed by atoms with Crippen molar-refractivity contribution in [3.05, 3.63) is 53.9 Å². The lowest BCUT2D eigenvalue weighted by Crippen LogP contribution is -2.63. The fourth-order valence-electron chi connectivity index (χ4n) is 4.53. The highest BCUT2D eigenvalue weighted by atomic mass is 16.5. The number of aromatic nitrogens is 2. The van der Waals surface area contributed by atoms with Crippen LogP contribution in [-0.2, 0) is 11.2 Å². The van der Waals surface area contributed by atoms with Gasteiger partial charge in [-0.25, -0.2) is 9.97 Å². The third-order valence-electron chi connectivity index (χ3n) is 6.12. The van der Waals surface area contributed by atoms with Gasteiger partial charge in [0.05, 0.1) is 12.7 Å². The molecule has 3 aliphatic heterocycles. The molecule has 4 heterocycles. The number of ether oxygens (including phenoxy) is 1. The molecule has 3 aliphatic rings. The first-order valence-electron chi connectivity index (χ1n) is 10.0. The van der Waals surface area contributed by atoms with Crippen LogP contribution in [0.3, 0.4) is 0 Å². The van der Waals surface area contributed by atoms with Crippen LogP contribution in [0.2, 0.25) is 0 Å². The maximum atomic E-state index is 6.08. The van der Waals surface area contributed by atoms with Crippen molar-refractivity contribution in [2.75, 3.05) is 57.3 Å². The van der Waals surface area contributed by atoms with Gasteiger partial charge in [-0.2, -0.15) is 0 Å². The van der Waals surface area contributed by atoms with Gasteiger partial charge in [0.2, 0.25) is 5.95 Å². The minimum Gasteiger partial charge on any atom is -0.372 e. The average molecular weight is 365 g/mol. The first-order chi connectivity index (χ1) is 13.4. The first-order valence-corrected chi connectivity index (χ1v) is 10.0. The number of hydrogen-bond acceptors (Lipinski definition) is 6. The number of rotatable bonds is 4. The lowest BCUT2D eigenvalue weighted by atomic mass is 9.96. The van der Waals surface area contributed by atoms with Crippen LogP contribution in [0.4, 0.5) is 5.95 Å². The molecular weight excluding hydrogens is 338 g/mol. The van der Waals surface area contributed by atoms with Crippen LogP contribution in [0, 0.1) is 0 Å². The standard InChI is InChI=1S/C21H27N5O/c1-2-5-19-17(4-1)6-13-27-20(19)16-24-14-18(15-24)25-9-11-26(12-10-25)21-22-7-3-8-23-21/h1-5,7-8,18,20H,6,9-16H2. The molecule has 2 aromatic rings. The van der Waals surface area contributed by atoms with Gasteiger partial charge in [0.15, 0.2) is 0 Å². The first kappa shape index (κ1) is 17.1. The molecule has 0 amide bonds. The van der Waals surface area contributed by atoms with Gasteiger partial charge < -0.3 is 9.64 Å². The van der Waals surface area contributed by atoms with E-state index < -0.39 is 0 Å². The molecule has 0 bridgehead atoms. The van der Waals surface area contributed by atoms with Gasteiger partial charge in [0.1, 0.15) is 0 Å². The molecular formula is C21H27N5O. The van der Waals surface area contributed by atoms with Crippen molar-refractivity contribution < 1.29 is 4.74 Å². The van der Waals surface area contributed by atoms with E-state index in [9.17, 15) is 0 Å². The molecule has 0 spiro atoms. The second kappa shape index (κ2) is 7.54. The summed E-state index contributed by atoms with van der Waals surface area (Å²) in [5.74, 6) is 0.862. The highest BCUT2D eigenvalue weighted by Gasteiger charge is 2.35. The SMILES string of the molecule is c1cnc(N2CCN(C3CN(CC4OCCc5ccccc54)C3)CC2)nc1. The molecule has 142 valence electrons. The van der Waals surface area contributed by atoms with E-state index in [0.717, 1.165) is 64.8 Å². The number of anilines is 1. The van der Waals surface area contributed by atoms with Crippen LogP contribution in [0.1, 0.15) is 17.2 Å². The zero-order chi connectivity index (χ0) is 18.1. The summed E-state index contributed by atoms with van der Waals surface area (Å²) in [7, 11) is 0. The fourth-order valence-corrected chi connectivity index (χ4v) is 4.53. The summed E-state index contributed by atoms with van der Waals surface area (Å²) in [6, 6.07) is 11.3. The summed E-state index contributed by atoms with van der Waals surface area (Å²) < 4.78 is 6.08. The second-order valence-electron chi connectivity index (χ2n) is 7.75. The van der Waals surface area contributed by atoms with Crippen molar-refractivity contribution >= 4 is 5.95 Å². The van der Waals surface area contributed by atoms with Crippen LogP contribution in [-0.4, -0.2) is 78.2 Å². The number of hydrogen-bond donors (Lipinski definition) is 0. The largest absolute Gasteiger partial charge is 0.372 e. The molecule has 5 rings (SSSR count). The van der Waals surface area contributed by atoms with Crippen molar-refractivity contribution in [3.8, 4) is 0 Å².